The summed E-state index contributed by atoms with van der Waals surface area (Å²) in [4.78, 5) is 26.4. The van der Waals surface area contributed by atoms with E-state index in [0.29, 0.717) is 13.1 Å². The zero-order valence-electron chi connectivity index (χ0n) is 16.2. The first-order chi connectivity index (χ1) is 13.0. The number of carbonyl (C=O) groups is 2. The number of esters is 1. The summed E-state index contributed by atoms with van der Waals surface area (Å²) in [5.41, 5.74) is 2.07. The molecule has 0 N–H and O–H groups in total. The van der Waals surface area contributed by atoms with Gasteiger partial charge in [-0.2, -0.15) is 0 Å². The van der Waals surface area contributed by atoms with E-state index in [1.54, 1.807) is 18.9 Å². The molecule has 0 aromatic heterocycles. The van der Waals surface area contributed by atoms with E-state index in [-0.39, 0.29) is 24.2 Å². The SMILES string of the molecule is COC(=O)C(C)CN(CCc1ccccc1)C(=O)Cc1ccc(OC)cc1. The summed E-state index contributed by atoms with van der Waals surface area (Å²) < 4.78 is 9.96. The van der Waals surface area contributed by atoms with Gasteiger partial charge < -0.3 is 14.4 Å². The van der Waals surface area contributed by atoms with Crippen molar-refractivity contribution < 1.29 is 19.1 Å². The molecule has 0 spiro atoms. The molecule has 0 fully saturated rings. The van der Waals surface area contributed by atoms with Gasteiger partial charge in [0.25, 0.3) is 0 Å². The average Bonchev–Trinajstić information content (AvgIpc) is 2.71. The summed E-state index contributed by atoms with van der Waals surface area (Å²) in [7, 11) is 2.98. The smallest absolute Gasteiger partial charge is 0.310 e. The molecule has 1 atom stereocenters. The largest absolute Gasteiger partial charge is 0.497 e. The number of nitrogens with zero attached hydrogens (tertiary/aromatic N) is 1. The zero-order valence-corrected chi connectivity index (χ0v) is 16.2. The van der Waals surface area contributed by atoms with Crippen LogP contribution in [0.5, 0.6) is 5.75 Å². The number of ether oxygens (including phenoxy) is 2. The minimum absolute atomic E-state index is 0.00755. The standard InChI is InChI=1S/C22H27NO4/c1-17(22(25)27-3)16-23(14-13-18-7-5-4-6-8-18)21(24)15-19-9-11-20(26-2)12-10-19/h4-12,17H,13-16H2,1-3H3. The van der Waals surface area contributed by atoms with Gasteiger partial charge in [0.05, 0.1) is 26.6 Å². The van der Waals surface area contributed by atoms with Crippen LogP contribution in [-0.4, -0.2) is 44.1 Å². The maximum atomic E-state index is 12.9. The van der Waals surface area contributed by atoms with Gasteiger partial charge in [-0.15, -0.1) is 0 Å². The number of hydrogen-bond donors (Lipinski definition) is 0. The maximum absolute atomic E-state index is 12.9. The van der Waals surface area contributed by atoms with Crippen LogP contribution in [0.2, 0.25) is 0 Å². The van der Waals surface area contributed by atoms with Crippen LogP contribution in [-0.2, 0) is 27.2 Å². The Labute approximate surface area is 160 Å². The first kappa shape index (κ1) is 20.5. The summed E-state index contributed by atoms with van der Waals surface area (Å²) >= 11 is 0. The van der Waals surface area contributed by atoms with Gasteiger partial charge in [-0.3, -0.25) is 9.59 Å². The lowest BCUT2D eigenvalue weighted by atomic mass is 10.1. The van der Waals surface area contributed by atoms with Crippen LogP contribution in [0.25, 0.3) is 0 Å². The number of benzene rings is 2. The Morgan fingerprint density at radius 3 is 2.22 bits per heavy atom. The molecule has 27 heavy (non-hydrogen) atoms. The zero-order chi connectivity index (χ0) is 19.6. The van der Waals surface area contributed by atoms with Crippen molar-refractivity contribution in [1.82, 2.24) is 4.90 Å². The van der Waals surface area contributed by atoms with E-state index in [4.69, 9.17) is 9.47 Å². The molecule has 0 aliphatic rings. The van der Waals surface area contributed by atoms with Crippen molar-refractivity contribution in [2.45, 2.75) is 19.8 Å². The second-order valence-electron chi connectivity index (χ2n) is 6.52. The highest BCUT2D eigenvalue weighted by atomic mass is 16.5. The maximum Gasteiger partial charge on any atom is 0.310 e. The van der Waals surface area contributed by atoms with E-state index in [1.807, 2.05) is 54.6 Å². The van der Waals surface area contributed by atoms with Crippen LogP contribution < -0.4 is 4.74 Å². The molecule has 0 saturated carbocycles. The molecule has 0 bridgehead atoms. The molecule has 0 heterocycles. The molecule has 0 saturated heterocycles. The van der Waals surface area contributed by atoms with Gasteiger partial charge in [0.1, 0.15) is 5.75 Å². The van der Waals surface area contributed by atoms with Crippen LogP contribution in [0.4, 0.5) is 0 Å². The average molecular weight is 369 g/mol. The van der Waals surface area contributed by atoms with Crippen LogP contribution in [0.3, 0.4) is 0 Å². The molecule has 2 rings (SSSR count). The Hall–Kier alpha value is -2.82. The Bertz CT molecular complexity index is 728. The van der Waals surface area contributed by atoms with Crippen molar-refractivity contribution in [2.24, 2.45) is 5.92 Å². The molecule has 5 nitrogen and oxygen atoms in total. The van der Waals surface area contributed by atoms with Gasteiger partial charge in [-0.25, -0.2) is 0 Å². The molecule has 144 valence electrons. The normalized spacial score (nSPS) is 11.5. The third-order valence-electron chi connectivity index (χ3n) is 4.48. The number of rotatable bonds is 9. The van der Waals surface area contributed by atoms with Gasteiger partial charge in [0.2, 0.25) is 5.91 Å². The van der Waals surface area contributed by atoms with Crippen LogP contribution >= 0.6 is 0 Å². The van der Waals surface area contributed by atoms with Gasteiger partial charge in [0, 0.05) is 13.1 Å². The second-order valence-corrected chi connectivity index (χ2v) is 6.52. The fourth-order valence-corrected chi connectivity index (χ4v) is 2.86. The Balaban J connectivity index is 2.06. The first-order valence-corrected chi connectivity index (χ1v) is 9.06. The summed E-state index contributed by atoms with van der Waals surface area (Å²) in [6.07, 6.45) is 1.02. The Morgan fingerprint density at radius 1 is 0.963 bits per heavy atom. The van der Waals surface area contributed by atoms with Crippen LogP contribution in [0.1, 0.15) is 18.1 Å². The van der Waals surface area contributed by atoms with Gasteiger partial charge in [-0.05, 0) is 29.7 Å². The van der Waals surface area contributed by atoms with E-state index in [0.717, 1.165) is 23.3 Å². The van der Waals surface area contributed by atoms with E-state index in [9.17, 15) is 9.59 Å². The molecule has 0 radical (unpaired) electrons. The predicted molar refractivity (Wildman–Crippen MR) is 105 cm³/mol. The highest BCUT2D eigenvalue weighted by Gasteiger charge is 2.21. The van der Waals surface area contributed by atoms with Crippen molar-refractivity contribution in [3.63, 3.8) is 0 Å². The van der Waals surface area contributed by atoms with E-state index < -0.39 is 0 Å². The van der Waals surface area contributed by atoms with E-state index in [1.165, 1.54) is 7.11 Å². The fourth-order valence-electron chi connectivity index (χ4n) is 2.86. The summed E-state index contributed by atoms with van der Waals surface area (Å²) in [6.45, 7) is 2.68. The molecule has 2 aromatic rings. The second kappa shape index (κ2) is 10.4. The molecular formula is C22H27NO4. The van der Waals surface area contributed by atoms with Crippen molar-refractivity contribution in [2.75, 3.05) is 27.3 Å². The number of methoxy groups -OCH3 is 2. The quantitative estimate of drug-likeness (QED) is 0.637. The topological polar surface area (TPSA) is 55.8 Å². The van der Waals surface area contributed by atoms with Crippen molar-refractivity contribution >= 4 is 11.9 Å². The van der Waals surface area contributed by atoms with Crippen molar-refractivity contribution in [1.29, 1.82) is 0 Å². The summed E-state index contributed by atoms with van der Waals surface area (Å²) in [5.74, 6) is 0.0702. The monoisotopic (exact) mass is 369 g/mol. The molecule has 1 amide bonds. The summed E-state index contributed by atoms with van der Waals surface area (Å²) in [5, 5.41) is 0. The number of carbonyl (C=O) groups excluding carboxylic acids is 2. The fraction of sp³-hybridized carbons (Fsp3) is 0.364. The lowest BCUT2D eigenvalue weighted by Crippen LogP contribution is -2.39. The van der Waals surface area contributed by atoms with Gasteiger partial charge >= 0.3 is 5.97 Å². The third kappa shape index (κ3) is 6.44. The lowest BCUT2D eigenvalue weighted by molar-refractivity contribution is -0.146. The molecule has 0 aliphatic heterocycles. The van der Waals surface area contributed by atoms with Crippen molar-refractivity contribution in [3.8, 4) is 5.75 Å². The highest BCUT2D eigenvalue weighted by molar-refractivity contribution is 5.80. The minimum Gasteiger partial charge on any atom is -0.497 e. The third-order valence-corrected chi connectivity index (χ3v) is 4.48. The van der Waals surface area contributed by atoms with Crippen LogP contribution in [0.15, 0.2) is 54.6 Å². The van der Waals surface area contributed by atoms with Crippen molar-refractivity contribution in [3.05, 3.63) is 65.7 Å². The molecule has 5 heteroatoms. The molecule has 0 aliphatic carbocycles. The summed E-state index contributed by atoms with van der Waals surface area (Å²) in [6, 6.07) is 17.5. The molecular weight excluding hydrogens is 342 g/mol. The highest BCUT2D eigenvalue weighted by Crippen LogP contribution is 2.14. The number of hydrogen-bond acceptors (Lipinski definition) is 4. The van der Waals surface area contributed by atoms with E-state index >= 15 is 0 Å². The number of amides is 1. The predicted octanol–water partition coefficient (Wildman–Crippen LogP) is 3.12. The van der Waals surface area contributed by atoms with E-state index in [2.05, 4.69) is 0 Å². The minimum atomic E-state index is -0.370. The van der Waals surface area contributed by atoms with Crippen LogP contribution in [0, 0.1) is 5.92 Å². The van der Waals surface area contributed by atoms with Gasteiger partial charge in [0.15, 0.2) is 0 Å². The van der Waals surface area contributed by atoms with Gasteiger partial charge in [-0.1, -0.05) is 49.4 Å². The lowest BCUT2D eigenvalue weighted by Gasteiger charge is -2.25. The first-order valence-electron chi connectivity index (χ1n) is 9.06. The Morgan fingerprint density at radius 2 is 1.63 bits per heavy atom. The Kier molecular flexibility index (Phi) is 7.86. The molecule has 1 unspecified atom stereocenters. The molecule has 2 aromatic carbocycles.